The van der Waals surface area contributed by atoms with Gasteiger partial charge in [-0.1, -0.05) is 15.9 Å². The lowest BCUT2D eigenvalue weighted by atomic mass is 10.2. The number of nitrogens with two attached hydrogens (primary N) is 1. The van der Waals surface area contributed by atoms with Gasteiger partial charge in [0.2, 0.25) is 0 Å². The Morgan fingerprint density at radius 3 is 2.65 bits per heavy atom. The fourth-order valence-electron chi connectivity index (χ4n) is 1.43. The highest BCUT2D eigenvalue weighted by molar-refractivity contribution is 9.10. The number of nitrogens with zero attached hydrogens (tertiary/aromatic N) is 1. The normalized spacial score (nSPS) is 10.5. The van der Waals surface area contributed by atoms with Gasteiger partial charge in [-0.25, -0.2) is 0 Å². The zero-order valence-electron chi connectivity index (χ0n) is 9.27. The van der Waals surface area contributed by atoms with E-state index in [1.165, 1.54) is 10.5 Å². The van der Waals surface area contributed by atoms with E-state index in [-0.39, 0.29) is 0 Å². The zero-order chi connectivity index (χ0) is 12.1. The topological polar surface area (TPSA) is 38.9 Å². The van der Waals surface area contributed by atoms with Crippen LogP contribution in [0.15, 0.2) is 52.0 Å². The first-order valence-corrected chi connectivity index (χ1v) is 7.08. The predicted octanol–water partition coefficient (Wildman–Crippen LogP) is 3.60. The molecule has 1 heterocycles. The van der Waals surface area contributed by atoms with Crippen molar-refractivity contribution in [3.8, 4) is 0 Å². The summed E-state index contributed by atoms with van der Waals surface area (Å²) >= 11 is 5.24. The molecule has 88 valence electrons. The van der Waals surface area contributed by atoms with Crippen LogP contribution >= 0.6 is 27.7 Å². The van der Waals surface area contributed by atoms with Gasteiger partial charge >= 0.3 is 0 Å². The minimum Gasteiger partial charge on any atom is -0.325 e. The van der Waals surface area contributed by atoms with Crippen LogP contribution in [0.5, 0.6) is 0 Å². The molecule has 2 aromatic rings. The van der Waals surface area contributed by atoms with E-state index in [9.17, 15) is 0 Å². The summed E-state index contributed by atoms with van der Waals surface area (Å²) in [5.41, 5.74) is 7.77. The smallest absolute Gasteiger partial charge is 0.0542 e. The van der Waals surface area contributed by atoms with Gasteiger partial charge in [0.15, 0.2) is 0 Å². The highest BCUT2D eigenvalue weighted by Gasteiger charge is 1.98. The van der Waals surface area contributed by atoms with E-state index in [1.54, 1.807) is 0 Å². The minimum atomic E-state index is 0.497. The van der Waals surface area contributed by atoms with E-state index in [0.717, 1.165) is 15.9 Å². The van der Waals surface area contributed by atoms with Gasteiger partial charge in [-0.3, -0.25) is 4.98 Å². The Bertz CT molecular complexity index is 485. The van der Waals surface area contributed by atoms with Crippen molar-refractivity contribution in [1.82, 2.24) is 4.98 Å². The highest BCUT2D eigenvalue weighted by atomic mass is 79.9. The number of hydrogen-bond donors (Lipinski definition) is 1. The summed E-state index contributed by atoms with van der Waals surface area (Å²) in [6, 6.07) is 12.4. The van der Waals surface area contributed by atoms with E-state index >= 15 is 0 Å². The van der Waals surface area contributed by atoms with Crippen molar-refractivity contribution in [1.29, 1.82) is 0 Å². The largest absolute Gasteiger partial charge is 0.325 e. The molecule has 1 aromatic carbocycles. The summed E-state index contributed by atoms with van der Waals surface area (Å²) in [5.74, 6) is 0.942. The van der Waals surface area contributed by atoms with Crippen molar-refractivity contribution in [3.05, 3.63) is 58.3 Å². The molecule has 0 fully saturated rings. The average Bonchev–Trinajstić information content (AvgIpc) is 2.38. The first-order chi connectivity index (χ1) is 8.28. The Balaban J connectivity index is 1.99. The third-order valence-corrected chi connectivity index (χ3v) is 3.92. The van der Waals surface area contributed by atoms with E-state index in [0.29, 0.717) is 6.54 Å². The van der Waals surface area contributed by atoms with Crippen LogP contribution in [0.25, 0.3) is 0 Å². The molecule has 17 heavy (non-hydrogen) atoms. The first kappa shape index (κ1) is 12.6. The van der Waals surface area contributed by atoms with E-state index in [2.05, 4.69) is 51.2 Å². The molecular formula is C13H13BrN2S. The van der Waals surface area contributed by atoms with Crippen molar-refractivity contribution in [3.63, 3.8) is 0 Å². The van der Waals surface area contributed by atoms with E-state index < -0.39 is 0 Å². The first-order valence-electron chi connectivity index (χ1n) is 5.30. The number of aromatic nitrogens is 1. The molecule has 2 N–H and O–H groups in total. The Labute approximate surface area is 114 Å². The quantitative estimate of drug-likeness (QED) is 0.877. The second-order valence-electron chi connectivity index (χ2n) is 3.60. The Morgan fingerprint density at radius 1 is 1.18 bits per heavy atom. The molecular weight excluding hydrogens is 296 g/mol. The lowest BCUT2D eigenvalue weighted by molar-refractivity contribution is 0.983. The predicted molar refractivity (Wildman–Crippen MR) is 75.8 cm³/mol. The summed E-state index contributed by atoms with van der Waals surface area (Å²) in [6.45, 7) is 0.497. The number of benzene rings is 1. The van der Waals surface area contributed by atoms with E-state index in [1.807, 2.05) is 24.0 Å². The fourth-order valence-corrected chi connectivity index (χ4v) is 2.53. The maximum Gasteiger partial charge on any atom is 0.0542 e. The standard InChI is InChI=1S/C13H13BrN2S/c14-11-1-3-13(4-2-11)17-9-10-5-6-16-12(7-10)8-15/h1-7H,8-9,15H2. The Kier molecular flexibility index (Phi) is 4.59. The molecule has 1 aromatic heterocycles. The number of pyridine rings is 1. The molecule has 0 atom stereocenters. The molecule has 2 rings (SSSR count). The summed E-state index contributed by atoms with van der Waals surface area (Å²) in [4.78, 5) is 5.45. The Morgan fingerprint density at radius 2 is 1.94 bits per heavy atom. The van der Waals surface area contributed by atoms with Gasteiger partial charge in [0.05, 0.1) is 5.69 Å². The fraction of sp³-hybridized carbons (Fsp3) is 0.154. The number of halogens is 1. The van der Waals surface area contributed by atoms with Gasteiger partial charge in [-0.2, -0.15) is 0 Å². The minimum absolute atomic E-state index is 0.497. The maximum atomic E-state index is 5.57. The number of hydrogen-bond acceptors (Lipinski definition) is 3. The molecule has 0 amide bonds. The lowest BCUT2D eigenvalue weighted by Gasteiger charge is -2.03. The maximum absolute atomic E-state index is 5.57. The van der Waals surface area contributed by atoms with Crippen molar-refractivity contribution in [2.24, 2.45) is 5.73 Å². The van der Waals surface area contributed by atoms with Gasteiger partial charge < -0.3 is 5.73 Å². The summed E-state index contributed by atoms with van der Waals surface area (Å²) in [6.07, 6.45) is 1.82. The SMILES string of the molecule is NCc1cc(CSc2ccc(Br)cc2)ccn1. The summed E-state index contributed by atoms with van der Waals surface area (Å²) in [5, 5.41) is 0. The van der Waals surface area contributed by atoms with Gasteiger partial charge in [0.1, 0.15) is 0 Å². The number of rotatable bonds is 4. The van der Waals surface area contributed by atoms with Gasteiger partial charge in [-0.15, -0.1) is 11.8 Å². The molecule has 0 radical (unpaired) electrons. The van der Waals surface area contributed by atoms with Gasteiger partial charge in [0, 0.05) is 27.9 Å². The molecule has 4 heteroatoms. The van der Waals surface area contributed by atoms with Crippen LogP contribution in [0.2, 0.25) is 0 Å². The van der Waals surface area contributed by atoms with Crippen molar-refractivity contribution in [2.45, 2.75) is 17.2 Å². The van der Waals surface area contributed by atoms with Crippen LogP contribution in [0.3, 0.4) is 0 Å². The third-order valence-electron chi connectivity index (χ3n) is 2.31. The monoisotopic (exact) mass is 308 g/mol. The van der Waals surface area contributed by atoms with Crippen LogP contribution in [-0.4, -0.2) is 4.98 Å². The second kappa shape index (κ2) is 6.19. The summed E-state index contributed by atoms with van der Waals surface area (Å²) < 4.78 is 1.11. The van der Waals surface area contributed by atoms with Crippen molar-refractivity contribution < 1.29 is 0 Å². The third kappa shape index (κ3) is 3.84. The van der Waals surface area contributed by atoms with Gasteiger partial charge in [0.25, 0.3) is 0 Å². The van der Waals surface area contributed by atoms with E-state index in [4.69, 9.17) is 5.73 Å². The molecule has 0 aliphatic rings. The average molecular weight is 309 g/mol. The molecule has 0 saturated carbocycles. The molecule has 0 aliphatic carbocycles. The van der Waals surface area contributed by atoms with Crippen LogP contribution in [0, 0.1) is 0 Å². The molecule has 0 saturated heterocycles. The second-order valence-corrected chi connectivity index (χ2v) is 5.57. The molecule has 0 bridgehead atoms. The van der Waals surface area contributed by atoms with Crippen molar-refractivity contribution in [2.75, 3.05) is 0 Å². The van der Waals surface area contributed by atoms with Crippen LogP contribution < -0.4 is 5.73 Å². The van der Waals surface area contributed by atoms with Gasteiger partial charge in [-0.05, 0) is 42.0 Å². The Hall–Kier alpha value is -0.840. The highest BCUT2D eigenvalue weighted by Crippen LogP contribution is 2.24. The molecule has 0 aliphatic heterocycles. The van der Waals surface area contributed by atoms with Crippen molar-refractivity contribution >= 4 is 27.7 Å². The van der Waals surface area contributed by atoms with Crippen LogP contribution in [-0.2, 0) is 12.3 Å². The van der Waals surface area contributed by atoms with Crippen LogP contribution in [0.1, 0.15) is 11.3 Å². The van der Waals surface area contributed by atoms with Crippen LogP contribution in [0.4, 0.5) is 0 Å². The number of thioether (sulfide) groups is 1. The lowest BCUT2D eigenvalue weighted by Crippen LogP contribution is -1.99. The molecule has 0 spiro atoms. The summed E-state index contributed by atoms with van der Waals surface area (Å²) in [7, 11) is 0. The zero-order valence-corrected chi connectivity index (χ0v) is 11.7. The molecule has 2 nitrogen and oxygen atoms in total. The molecule has 0 unspecified atom stereocenters.